The largest absolute Gasteiger partial charge is 0.507 e. The summed E-state index contributed by atoms with van der Waals surface area (Å²) in [4.78, 5) is 27.4. The van der Waals surface area contributed by atoms with Crippen molar-refractivity contribution in [2.75, 3.05) is 11.5 Å². The van der Waals surface area contributed by atoms with E-state index in [2.05, 4.69) is 0 Å². The molecular formula is C25H25NO5. The predicted molar refractivity (Wildman–Crippen MR) is 118 cm³/mol. The molecule has 1 aliphatic rings. The summed E-state index contributed by atoms with van der Waals surface area (Å²) in [5.41, 5.74) is 0.606. The molecule has 6 heteroatoms. The molecule has 1 amide bonds. The van der Waals surface area contributed by atoms with E-state index in [4.69, 9.17) is 4.74 Å². The third-order valence-corrected chi connectivity index (χ3v) is 5.78. The molecule has 0 saturated heterocycles. The second kappa shape index (κ2) is 9.08. The monoisotopic (exact) mass is 419 g/mol. The number of phenols is 2. The van der Waals surface area contributed by atoms with Gasteiger partial charge in [-0.15, -0.1) is 0 Å². The molecule has 1 saturated carbocycles. The predicted octanol–water partition coefficient (Wildman–Crippen LogP) is 4.77. The Morgan fingerprint density at radius 3 is 2.26 bits per heavy atom. The minimum atomic E-state index is -0.858. The van der Waals surface area contributed by atoms with E-state index in [9.17, 15) is 19.8 Å². The first-order valence-corrected chi connectivity index (χ1v) is 10.5. The van der Waals surface area contributed by atoms with Crippen molar-refractivity contribution in [2.24, 2.45) is 0 Å². The summed E-state index contributed by atoms with van der Waals surface area (Å²) in [5, 5.41) is 21.5. The molecule has 0 aliphatic heterocycles. The molecule has 1 fully saturated rings. The third-order valence-electron chi connectivity index (χ3n) is 5.78. The molecule has 0 unspecified atom stereocenters. The number of para-hydroxylation sites is 1. The number of nitrogens with zero attached hydrogens (tertiary/aromatic N) is 1. The smallest absolute Gasteiger partial charge is 0.342 e. The Morgan fingerprint density at radius 2 is 1.55 bits per heavy atom. The van der Waals surface area contributed by atoms with Crippen molar-refractivity contribution in [3.63, 3.8) is 0 Å². The van der Waals surface area contributed by atoms with Crippen molar-refractivity contribution in [3.8, 4) is 11.5 Å². The number of phenolic OH excluding ortho intramolecular Hbond substituents is 2. The van der Waals surface area contributed by atoms with Gasteiger partial charge >= 0.3 is 5.97 Å². The normalized spacial score (nSPS) is 14.3. The molecule has 0 aromatic heterocycles. The molecular weight excluding hydrogens is 394 g/mol. The number of rotatable bonds is 5. The van der Waals surface area contributed by atoms with E-state index in [1.165, 1.54) is 6.07 Å². The molecule has 31 heavy (non-hydrogen) atoms. The summed E-state index contributed by atoms with van der Waals surface area (Å²) in [6.45, 7) is -0.447. The molecule has 0 radical (unpaired) electrons. The SMILES string of the molecule is O=C(OCC(=O)N(c1ccccc1)C1CCCCC1)c1cc(O)c2ccccc2c1O. The number of amides is 1. The number of ether oxygens (including phenoxy) is 1. The fourth-order valence-corrected chi connectivity index (χ4v) is 4.26. The molecule has 0 heterocycles. The van der Waals surface area contributed by atoms with Crippen LogP contribution in [0.3, 0.4) is 0 Å². The Labute approximate surface area is 180 Å². The molecule has 3 aromatic rings. The highest BCUT2D eigenvalue weighted by atomic mass is 16.5. The fraction of sp³-hybridized carbons (Fsp3) is 0.280. The van der Waals surface area contributed by atoms with E-state index in [1.807, 2.05) is 30.3 Å². The van der Waals surface area contributed by atoms with Crippen LogP contribution in [0.4, 0.5) is 5.69 Å². The number of anilines is 1. The van der Waals surface area contributed by atoms with Gasteiger partial charge in [-0.3, -0.25) is 4.79 Å². The fourth-order valence-electron chi connectivity index (χ4n) is 4.26. The second-order valence-corrected chi connectivity index (χ2v) is 7.80. The average Bonchev–Trinajstić information content (AvgIpc) is 2.81. The quantitative estimate of drug-likeness (QED) is 0.459. The molecule has 6 nitrogen and oxygen atoms in total. The minimum absolute atomic E-state index is 0.0699. The van der Waals surface area contributed by atoms with Crippen molar-refractivity contribution in [1.29, 1.82) is 0 Å². The van der Waals surface area contributed by atoms with E-state index in [0.29, 0.717) is 10.8 Å². The van der Waals surface area contributed by atoms with Crippen molar-refractivity contribution < 1.29 is 24.5 Å². The highest BCUT2D eigenvalue weighted by molar-refractivity contribution is 6.04. The van der Waals surface area contributed by atoms with E-state index in [-0.39, 0.29) is 29.0 Å². The van der Waals surface area contributed by atoms with Gasteiger partial charge in [-0.2, -0.15) is 0 Å². The Kier molecular flexibility index (Phi) is 6.07. The Hall–Kier alpha value is -3.54. The van der Waals surface area contributed by atoms with Gasteiger partial charge in [0.2, 0.25) is 0 Å². The summed E-state index contributed by atoms with van der Waals surface area (Å²) in [5.74, 6) is -1.59. The first kappa shape index (κ1) is 20.7. The first-order chi connectivity index (χ1) is 15.1. The average molecular weight is 419 g/mol. The molecule has 2 N–H and O–H groups in total. The van der Waals surface area contributed by atoms with Gasteiger partial charge in [-0.1, -0.05) is 61.7 Å². The maximum Gasteiger partial charge on any atom is 0.342 e. The highest BCUT2D eigenvalue weighted by Gasteiger charge is 2.28. The van der Waals surface area contributed by atoms with Crippen LogP contribution >= 0.6 is 0 Å². The van der Waals surface area contributed by atoms with Crippen molar-refractivity contribution >= 4 is 28.3 Å². The van der Waals surface area contributed by atoms with Crippen molar-refractivity contribution in [3.05, 3.63) is 66.2 Å². The van der Waals surface area contributed by atoms with Crippen LogP contribution in [0, 0.1) is 0 Å². The van der Waals surface area contributed by atoms with Crippen LogP contribution in [0.1, 0.15) is 42.5 Å². The lowest BCUT2D eigenvalue weighted by atomic mass is 9.93. The maximum atomic E-state index is 13.1. The molecule has 0 bridgehead atoms. The number of aromatic hydroxyl groups is 2. The minimum Gasteiger partial charge on any atom is -0.507 e. The zero-order valence-electron chi connectivity index (χ0n) is 17.2. The van der Waals surface area contributed by atoms with Crippen LogP contribution in [0.25, 0.3) is 10.8 Å². The van der Waals surface area contributed by atoms with Crippen LogP contribution < -0.4 is 4.90 Å². The van der Waals surface area contributed by atoms with Gasteiger partial charge in [0, 0.05) is 22.5 Å². The van der Waals surface area contributed by atoms with Gasteiger partial charge in [-0.05, 0) is 31.0 Å². The summed E-state index contributed by atoms with van der Waals surface area (Å²) >= 11 is 0. The molecule has 3 aromatic carbocycles. The lowest BCUT2D eigenvalue weighted by Crippen LogP contribution is -2.43. The molecule has 4 rings (SSSR count). The Morgan fingerprint density at radius 1 is 0.903 bits per heavy atom. The van der Waals surface area contributed by atoms with Crippen molar-refractivity contribution in [2.45, 2.75) is 38.1 Å². The molecule has 0 atom stereocenters. The number of carbonyl (C=O) groups is 2. The van der Waals surface area contributed by atoms with Crippen molar-refractivity contribution in [1.82, 2.24) is 0 Å². The lowest BCUT2D eigenvalue weighted by Gasteiger charge is -2.34. The zero-order valence-corrected chi connectivity index (χ0v) is 17.2. The molecule has 1 aliphatic carbocycles. The van der Waals surface area contributed by atoms with E-state index >= 15 is 0 Å². The van der Waals surface area contributed by atoms with E-state index in [0.717, 1.165) is 37.8 Å². The highest BCUT2D eigenvalue weighted by Crippen LogP contribution is 2.35. The topological polar surface area (TPSA) is 87.1 Å². The first-order valence-electron chi connectivity index (χ1n) is 10.5. The summed E-state index contributed by atoms with van der Waals surface area (Å²) in [6, 6.07) is 17.3. The number of fused-ring (bicyclic) bond motifs is 1. The number of carbonyl (C=O) groups excluding carboxylic acids is 2. The van der Waals surface area contributed by atoms with Gasteiger partial charge in [0.1, 0.15) is 17.1 Å². The number of hydrogen-bond donors (Lipinski definition) is 2. The van der Waals surface area contributed by atoms with Crippen LogP contribution in [0.5, 0.6) is 11.5 Å². The Balaban J connectivity index is 1.53. The molecule has 0 spiro atoms. The van der Waals surface area contributed by atoms with Gasteiger partial charge in [0.15, 0.2) is 6.61 Å². The number of esters is 1. The van der Waals surface area contributed by atoms with Crippen LogP contribution in [-0.4, -0.2) is 34.7 Å². The van der Waals surface area contributed by atoms with Crippen LogP contribution in [0.2, 0.25) is 0 Å². The lowest BCUT2D eigenvalue weighted by molar-refractivity contribution is -0.122. The summed E-state index contributed by atoms with van der Waals surface area (Å²) in [6.07, 6.45) is 5.10. The van der Waals surface area contributed by atoms with E-state index in [1.54, 1.807) is 29.2 Å². The number of benzene rings is 3. The number of hydrogen-bond acceptors (Lipinski definition) is 5. The zero-order chi connectivity index (χ0) is 21.8. The summed E-state index contributed by atoms with van der Waals surface area (Å²) < 4.78 is 5.27. The Bertz CT molecular complexity index is 1090. The summed E-state index contributed by atoms with van der Waals surface area (Å²) in [7, 11) is 0. The maximum absolute atomic E-state index is 13.1. The van der Waals surface area contributed by atoms with Crippen LogP contribution in [0.15, 0.2) is 60.7 Å². The van der Waals surface area contributed by atoms with Crippen LogP contribution in [-0.2, 0) is 9.53 Å². The van der Waals surface area contributed by atoms with Gasteiger partial charge in [0.25, 0.3) is 5.91 Å². The standard InChI is InChI=1S/C25H25NO5/c27-22-15-21(24(29)20-14-8-7-13-19(20)22)25(30)31-16-23(28)26(17-9-3-1-4-10-17)18-11-5-2-6-12-18/h1,3-4,7-10,13-15,18,27,29H,2,5-6,11-12,16H2. The molecule has 160 valence electrons. The third kappa shape index (κ3) is 4.33. The van der Waals surface area contributed by atoms with Gasteiger partial charge in [0.05, 0.1) is 0 Å². The van der Waals surface area contributed by atoms with Gasteiger partial charge < -0.3 is 19.8 Å². The second-order valence-electron chi connectivity index (χ2n) is 7.80. The van der Waals surface area contributed by atoms with E-state index < -0.39 is 12.6 Å². The van der Waals surface area contributed by atoms with Gasteiger partial charge in [-0.25, -0.2) is 4.79 Å².